The van der Waals surface area contributed by atoms with Crippen LogP contribution >= 0.6 is 0 Å². The van der Waals surface area contributed by atoms with Crippen LogP contribution in [0.3, 0.4) is 0 Å². The quantitative estimate of drug-likeness (QED) is 0.768. The molecule has 2 aromatic carbocycles. The standard InChI is InChI=1S/C14H13N3/c1-10-3-2-4-12(7-10)17-13-6-5-11(9-15)14(16)8-13/h2-8,17H,16H2,1H3. The van der Waals surface area contributed by atoms with Gasteiger partial charge in [0.05, 0.1) is 11.3 Å². The Labute approximate surface area is 101 Å². The number of aryl methyl sites for hydroxylation is 1. The molecule has 3 nitrogen and oxygen atoms in total. The summed E-state index contributed by atoms with van der Waals surface area (Å²) in [6.45, 7) is 2.04. The van der Waals surface area contributed by atoms with E-state index >= 15 is 0 Å². The molecule has 0 saturated carbocycles. The highest BCUT2D eigenvalue weighted by molar-refractivity contribution is 5.67. The van der Waals surface area contributed by atoms with E-state index in [4.69, 9.17) is 11.0 Å². The molecule has 0 radical (unpaired) electrons. The van der Waals surface area contributed by atoms with Crippen LogP contribution in [0.25, 0.3) is 0 Å². The van der Waals surface area contributed by atoms with Gasteiger partial charge < -0.3 is 11.1 Å². The molecule has 3 N–H and O–H groups in total. The first-order valence-corrected chi connectivity index (χ1v) is 5.32. The van der Waals surface area contributed by atoms with Crippen molar-refractivity contribution in [3.8, 4) is 6.07 Å². The maximum atomic E-state index is 8.79. The summed E-state index contributed by atoms with van der Waals surface area (Å²) < 4.78 is 0. The fourth-order valence-corrected chi connectivity index (χ4v) is 1.63. The van der Waals surface area contributed by atoms with Gasteiger partial charge in [0.2, 0.25) is 0 Å². The Kier molecular flexibility index (Phi) is 2.97. The average Bonchev–Trinajstić information content (AvgIpc) is 2.29. The summed E-state index contributed by atoms with van der Waals surface area (Å²) in [6, 6.07) is 15.4. The van der Waals surface area contributed by atoms with Gasteiger partial charge in [-0.15, -0.1) is 0 Å². The molecule has 0 atom stereocenters. The van der Waals surface area contributed by atoms with E-state index in [2.05, 4.69) is 5.32 Å². The third-order valence-electron chi connectivity index (χ3n) is 2.48. The number of nitriles is 1. The minimum atomic E-state index is 0.491. The van der Waals surface area contributed by atoms with Crippen molar-refractivity contribution < 1.29 is 0 Å². The highest BCUT2D eigenvalue weighted by Gasteiger charge is 2.00. The van der Waals surface area contributed by atoms with Crippen molar-refractivity contribution in [1.29, 1.82) is 5.26 Å². The van der Waals surface area contributed by atoms with Gasteiger partial charge in [0, 0.05) is 11.4 Å². The highest BCUT2D eigenvalue weighted by Crippen LogP contribution is 2.21. The van der Waals surface area contributed by atoms with Crippen molar-refractivity contribution in [3.05, 3.63) is 53.6 Å². The van der Waals surface area contributed by atoms with Crippen LogP contribution in [0.2, 0.25) is 0 Å². The zero-order valence-corrected chi connectivity index (χ0v) is 9.57. The first-order valence-electron chi connectivity index (χ1n) is 5.32. The molecule has 0 bridgehead atoms. The molecule has 0 aliphatic carbocycles. The van der Waals surface area contributed by atoms with Gasteiger partial charge in [-0.05, 0) is 42.8 Å². The largest absolute Gasteiger partial charge is 0.398 e. The number of nitrogens with two attached hydrogens (primary N) is 1. The second kappa shape index (κ2) is 4.58. The van der Waals surface area contributed by atoms with Crippen molar-refractivity contribution in [3.63, 3.8) is 0 Å². The number of nitrogen functional groups attached to an aromatic ring is 1. The number of benzene rings is 2. The van der Waals surface area contributed by atoms with Gasteiger partial charge >= 0.3 is 0 Å². The number of hydrogen-bond acceptors (Lipinski definition) is 3. The van der Waals surface area contributed by atoms with Crippen LogP contribution in [0.5, 0.6) is 0 Å². The van der Waals surface area contributed by atoms with E-state index in [0.29, 0.717) is 11.3 Å². The molecule has 2 aromatic rings. The van der Waals surface area contributed by atoms with E-state index in [1.54, 1.807) is 12.1 Å². The zero-order valence-electron chi connectivity index (χ0n) is 9.57. The molecule has 84 valence electrons. The van der Waals surface area contributed by atoms with Crippen LogP contribution in [0.15, 0.2) is 42.5 Å². The van der Waals surface area contributed by atoms with E-state index < -0.39 is 0 Å². The Bertz CT molecular complexity index is 582. The maximum absolute atomic E-state index is 8.79. The third kappa shape index (κ3) is 2.56. The van der Waals surface area contributed by atoms with Gasteiger partial charge in [-0.2, -0.15) is 5.26 Å². The van der Waals surface area contributed by atoms with Crippen molar-refractivity contribution in [2.45, 2.75) is 6.92 Å². The molecule has 0 aromatic heterocycles. The normalized spacial score (nSPS) is 9.65. The molecule has 0 unspecified atom stereocenters. The van der Waals surface area contributed by atoms with Gasteiger partial charge in [0.1, 0.15) is 6.07 Å². The molecule has 0 aliphatic rings. The summed E-state index contributed by atoms with van der Waals surface area (Å²) in [5.74, 6) is 0. The van der Waals surface area contributed by atoms with E-state index in [0.717, 1.165) is 11.4 Å². The van der Waals surface area contributed by atoms with Crippen LogP contribution in [0, 0.1) is 18.3 Å². The minimum absolute atomic E-state index is 0.491. The van der Waals surface area contributed by atoms with Crippen LogP contribution in [-0.2, 0) is 0 Å². The topological polar surface area (TPSA) is 61.8 Å². The SMILES string of the molecule is Cc1cccc(Nc2ccc(C#N)c(N)c2)c1. The Morgan fingerprint density at radius 2 is 1.88 bits per heavy atom. The summed E-state index contributed by atoms with van der Waals surface area (Å²) in [5, 5.41) is 12.0. The fourth-order valence-electron chi connectivity index (χ4n) is 1.63. The monoisotopic (exact) mass is 223 g/mol. The maximum Gasteiger partial charge on any atom is 0.101 e. The predicted octanol–water partition coefficient (Wildman–Crippen LogP) is 3.19. The molecule has 2 rings (SSSR count). The van der Waals surface area contributed by atoms with Crippen LogP contribution in [0.4, 0.5) is 17.1 Å². The van der Waals surface area contributed by atoms with E-state index in [1.165, 1.54) is 5.56 Å². The number of anilines is 3. The summed E-state index contributed by atoms with van der Waals surface area (Å²) in [6.07, 6.45) is 0. The zero-order chi connectivity index (χ0) is 12.3. The first-order chi connectivity index (χ1) is 8.19. The van der Waals surface area contributed by atoms with Crippen molar-refractivity contribution in [1.82, 2.24) is 0 Å². The lowest BCUT2D eigenvalue weighted by Gasteiger charge is -2.08. The minimum Gasteiger partial charge on any atom is -0.398 e. The van der Waals surface area contributed by atoms with Gasteiger partial charge in [-0.1, -0.05) is 12.1 Å². The Balaban J connectivity index is 2.25. The lowest BCUT2D eigenvalue weighted by molar-refractivity contribution is 1.44. The Morgan fingerprint density at radius 3 is 2.53 bits per heavy atom. The van der Waals surface area contributed by atoms with E-state index in [1.807, 2.05) is 43.3 Å². The Morgan fingerprint density at radius 1 is 1.12 bits per heavy atom. The lowest BCUT2D eigenvalue weighted by atomic mass is 10.1. The molecule has 0 spiro atoms. The van der Waals surface area contributed by atoms with E-state index in [-0.39, 0.29) is 0 Å². The van der Waals surface area contributed by atoms with Gasteiger partial charge in [-0.3, -0.25) is 0 Å². The average molecular weight is 223 g/mol. The summed E-state index contributed by atoms with van der Waals surface area (Å²) in [5.41, 5.74) is 9.82. The van der Waals surface area contributed by atoms with Crippen LogP contribution in [0.1, 0.15) is 11.1 Å². The van der Waals surface area contributed by atoms with Crippen LogP contribution < -0.4 is 11.1 Å². The van der Waals surface area contributed by atoms with E-state index in [9.17, 15) is 0 Å². The molecular weight excluding hydrogens is 210 g/mol. The molecule has 0 saturated heterocycles. The number of nitrogens with zero attached hydrogens (tertiary/aromatic N) is 1. The summed E-state index contributed by atoms with van der Waals surface area (Å²) in [7, 11) is 0. The second-order valence-corrected chi connectivity index (χ2v) is 3.91. The van der Waals surface area contributed by atoms with Gasteiger partial charge in [0.15, 0.2) is 0 Å². The number of rotatable bonds is 2. The predicted molar refractivity (Wildman–Crippen MR) is 70.0 cm³/mol. The summed E-state index contributed by atoms with van der Waals surface area (Å²) >= 11 is 0. The fraction of sp³-hybridized carbons (Fsp3) is 0.0714. The number of hydrogen-bond donors (Lipinski definition) is 2. The Hall–Kier alpha value is -2.47. The molecule has 0 heterocycles. The number of nitrogens with one attached hydrogen (secondary N) is 1. The molecular formula is C14H13N3. The first kappa shape index (κ1) is 11.0. The van der Waals surface area contributed by atoms with Crippen molar-refractivity contribution >= 4 is 17.1 Å². The van der Waals surface area contributed by atoms with Crippen molar-refractivity contribution in [2.75, 3.05) is 11.1 Å². The summed E-state index contributed by atoms with van der Waals surface area (Å²) in [4.78, 5) is 0. The molecule has 0 fully saturated rings. The molecule has 0 aliphatic heterocycles. The molecule has 3 heteroatoms. The lowest BCUT2D eigenvalue weighted by Crippen LogP contribution is -1.95. The van der Waals surface area contributed by atoms with Gasteiger partial charge in [-0.25, -0.2) is 0 Å². The smallest absolute Gasteiger partial charge is 0.101 e. The second-order valence-electron chi connectivity index (χ2n) is 3.91. The molecule has 17 heavy (non-hydrogen) atoms. The molecule has 0 amide bonds. The third-order valence-corrected chi connectivity index (χ3v) is 2.48. The highest BCUT2D eigenvalue weighted by atomic mass is 14.9. The van der Waals surface area contributed by atoms with Gasteiger partial charge in [0.25, 0.3) is 0 Å². The van der Waals surface area contributed by atoms with Crippen LogP contribution in [-0.4, -0.2) is 0 Å². The van der Waals surface area contributed by atoms with Crippen molar-refractivity contribution in [2.24, 2.45) is 0 Å².